The highest BCUT2D eigenvalue weighted by molar-refractivity contribution is 7.14. The third-order valence-corrected chi connectivity index (χ3v) is 3.11. The summed E-state index contributed by atoms with van der Waals surface area (Å²) in [6, 6.07) is 12.8. The summed E-state index contributed by atoms with van der Waals surface area (Å²) in [5.41, 5.74) is 3.51. The molecule has 0 fully saturated rings. The zero-order chi connectivity index (χ0) is 12.1. The SMILES string of the molecule is O=C(/C(Cl)=N\Nc1ccccc1)c1cccs1. The molecule has 86 valence electrons. The Morgan fingerprint density at radius 2 is 1.94 bits per heavy atom. The maximum atomic E-state index is 11.7. The lowest BCUT2D eigenvalue weighted by molar-refractivity contribution is 0.107. The third-order valence-electron chi connectivity index (χ3n) is 1.99. The Kier molecular flexibility index (Phi) is 3.90. The first-order chi connectivity index (χ1) is 8.27. The van der Waals surface area contributed by atoms with Gasteiger partial charge in [-0.3, -0.25) is 10.2 Å². The average Bonchev–Trinajstić information content (AvgIpc) is 2.90. The second-order valence-corrected chi connectivity index (χ2v) is 4.49. The molecule has 1 heterocycles. The summed E-state index contributed by atoms with van der Waals surface area (Å²) in [6.45, 7) is 0. The van der Waals surface area contributed by atoms with Gasteiger partial charge in [0.25, 0.3) is 0 Å². The Balaban J connectivity index is 2.05. The molecule has 2 aromatic rings. The molecule has 17 heavy (non-hydrogen) atoms. The van der Waals surface area contributed by atoms with Gasteiger partial charge >= 0.3 is 0 Å². The van der Waals surface area contributed by atoms with E-state index in [2.05, 4.69) is 10.5 Å². The predicted molar refractivity (Wildman–Crippen MR) is 72.0 cm³/mol. The van der Waals surface area contributed by atoms with Crippen LogP contribution in [0.25, 0.3) is 0 Å². The topological polar surface area (TPSA) is 41.5 Å². The Labute approximate surface area is 108 Å². The second-order valence-electron chi connectivity index (χ2n) is 3.19. The second kappa shape index (κ2) is 5.61. The van der Waals surface area contributed by atoms with Crippen LogP contribution < -0.4 is 5.43 Å². The Morgan fingerprint density at radius 1 is 1.18 bits per heavy atom. The molecule has 0 aliphatic heterocycles. The summed E-state index contributed by atoms with van der Waals surface area (Å²) in [6.07, 6.45) is 0. The molecule has 1 aromatic heterocycles. The number of carbonyl (C=O) groups excluding carboxylic acids is 1. The normalized spacial score (nSPS) is 11.2. The first-order valence-corrected chi connectivity index (χ1v) is 6.15. The summed E-state index contributed by atoms with van der Waals surface area (Å²) in [4.78, 5) is 12.3. The first kappa shape index (κ1) is 11.8. The van der Waals surface area contributed by atoms with Crippen LogP contribution in [0.15, 0.2) is 52.9 Å². The fourth-order valence-corrected chi connectivity index (χ4v) is 2.05. The van der Waals surface area contributed by atoms with Gasteiger partial charge in [0.15, 0.2) is 5.17 Å². The van der Waals surface area contributed by atoms with E-state index in [4.69, 9.17) is 11.6 Å². The number of nitrogens with one attached hydrogen (secondary N) is 1. The van der Waals surface area contributed by atoms with Gasteiger partial charge in [-0.2, -0.15) is 5.10 Å². The van der Waals surface area contributed by atoms with Gasteiger partial charge in [-0.05, 0) is 23.6 Å². The van der Waals surface area contributed by atoms with Crippen LogP contribution in [0.3, 0.4) is 0 Å². The van der Waals surface area contributed by atoms with Crippen LogP contribution in [0, 0.1) is 0 Å². The number of nitrogens with zero attached hydrogens (tertiary/aromatic N) is 1. The van der Waals surface area contributed by atoms with Crippen LogP contribution in [-0.4, -0.2) is 11.0 Å². The largest absolute Gasteiger partial charge is 0.285 e. The molecule has 0 amide bonds. The van der Waals surface area contributed by atoms with E-state index in [1.54, 1.807) is 12.1 Å². The van der Waals surface area contributed by atoms with Crippen molar-refractivity contribution in [2.24, 2.45) is 5.10 Å². The van der Waals surface area contributed by atoms with Crippen LogP contribution in [0.1, 0.15) is 9.67 Å². The van der Waals surface area contributed by atoms with Crippen LogP contribution in [0.2, 0.25) is 0 Å². The molecule has 1 N–H and O–H groups in total. The molecule has 1 aromatic carbocycles. The fourth-order valence-electron chi connectivity index (χ4n) is 1.19. The molecule has 0 radical (unpaired) electrons. The predicted octanol–water partition coefficient (Wildman–Crippen LogP) is 3.60. The maximum Gasteiger partial charge on any atom is 0.234 e. The summed E-state index contributed by atoms with van der Waals surface area (Å²) >= 11 is 7.16. The molecule has 3 nitrogen and oxygen atoms in total. The van der Waals surface area contributed by atoms with E-state index in [1.807, 2.05) is 35.7 Å². The van der Waals surface area contributed by atoms with Crippen molar-refractivity contribution in [1.29, 1.82) is 0 Å². The number of hydrazone groups is 1. The summed E-state index contributed by atoms with van der Waals surface area (Å²) in [5.74, 6) is -0.273. The van der Waals surface area contributed by atoms with Gasteiger partial charge in [-0.1, -0.05) is 35.9 Å². The zero-order valence-electron chi connectivity index (χ0n) is 8.76. The lowest BCUT2D eigenvalue weighted by atomic mass is 10.3. The average molecular weight is 265 g/mol. The molecular formula is C12H9ClN2OS. The van der Waals surface area contributed by atoms with Crippen molar-refractivity contribution in [3.8, 4) is 0 Å². The van der Waals surface area contributed by atoms with Crippen LogP contribution in [0.4, 0.5) is 5.69 Å². The highest BCUT2D eigenvalue weighted by Crippen LogP contribution is 2.12. The van der Waals surface area contributed by atoms with Crippen LogP contribution in [-0.2, 0) is 0 Å². The molecule has 0 saturated heterocycles. The van der Waals surface area contributed by atoms with Gasteiger partial charge < -0.3 is 0 Å². The highest BCUT2D eigenvalue weighted by Gasteiger charge is 2.12. The van der Waals surface area contributed by atoms with Crippen molar-refractivity contribution in [3.05, 3.63) is 52.7 Å². The van der Waals surface area contributed by atoms with E-state index in [9.17, 15) is 4.79 Å². The van der Waals surface area contributed by atoms with Crippen molar-refractivity contribution in [2.75, 3.05) is 5.43 Å². The quantitative estimate of drug-likeness (QED) is 0.521. The minimum Gasteiger partial charge on any atom is -0.285 e. The monoisotopic (exact) mass is 264 g/mol. The van der Waals surface area contributed by atoms with Crippen molar-refractivity contribution in [3.63, 3.8) is 0 Å². The van der Waals surface area contributed by atoms with Gasteiger partial charge in [0.1, 0.15) is 0 Å². The number of Topliss-reactive ketones (excluding diaryl/α,β-unsaturated/α-hetero) is 1. The molecule has 0 atom stereocenters. The molecule has 0 aliphatic rings. The number of carbonyl (C=O) groups is 1. The smallest absolute Gasteiger partial charge is 0.234 e. The first-order valence-electron chi connectivity index (χ1n) is 4.90. The summed E-state index contributed by atoms with van der Waals surface area (Å²) in [5, 5.41) is 5.59. The van der Waals surface area contributed by atoms with Crippen LogP contribution >= 0.6 is 22.9 Å². The van der Waals surface area contributed by atoms with Crippen molar-refractivity contribution in [2.45, 2.75) is 0 Å². The number of hydrogen-bond acceptors (Lipinski definition) is 4. The summed E-state index contributed by atoms with van der Waals surface area (Å²) < 4.78 is 0. The minimum atomic E-state index is -0.273. The molecule has 0 bridgehead atoms. The molecule has 0 unspecified atom stereocenters. The van der Waals surface area contributed by atoms with Gasteiger partial charge in [-0.15, -0.1) is 11.3 Å². The molecule has 0 saturated carbocycles. The van der Waals surface area contributed by atoms with Crippen molar-refractivity contribution >= 4 is 39.6 Å². The zero-order valence-corrected chi connectivity index (χ0v) is 10.3. The molecule has 0 spiro atoms. The highest BCUT2D eigenvalue weighted by atomic mass is 35.5. The number of rotatable bonds is 4. The van der Waals surface area contributed by atoms with E-state index < -0.39 is 0 Å². The van der Waals surface area contributed by atoms with Gasteiger partial charge in [-0.25, -0.2) is 0 Å². The number of para-hydroxylation sites is 1. The summed E-state index contributed by atoms with van der Waals surface area (Å²) in [7, 11) is 0. The molecule has 0 aliphatic carbocycles. The Bertz CT molecular complexity index is 523. The number of thiophene rings is 1. The number of anilines is 1. The standard InChI is InChI=1S/C12H9ClN2OS/c13-12(11(16)10-7-4-8-17-10)15-14-9-5-2-1-3-6-9/h1-8,14H/b15-12+. The molecular weight excluding hydrogens is 256 g/mol. The van der Waals surface area contributed by atoms with Crippen molar-refractivity contribution in [1.82, 2.24) is 0 Å². The lowest BCUT2D eigenvalue weighted by Crippen LogP contribution is -2.08. The lowest BCUT2D eigenvalue weighted by Gasteiger charge is -1.99. The molecule has 2 rings (SSSR count). The minimum absolute atomic E-state index is 0.0729. The van der Waals surface area contributed by atoms with E-state index >= 15 is 0 Å². The molecule has 5 heteroatoms. The van der Waals surface area contributed by atoms with Crippen LogP contribution in [0.5, 0.6) is 0 Å². The van der Waals surface area contributed by atoms with Gasteiger partial charge in [0.05, 0.1) is 10.6 Å². The van der Waals surface area contributed by atoms with Gasteiger partial charge in [0.2, 0.25) is 5.78 Å². The van der Waals surface area contributed by atoms with E-state index in [0.29, 0.717) is 4.88 Å². The number of benzene rings is 1. The fraction of sp³-hybridized carbons (Fsp3) is 0. The van der Waals surface area contributed by atoms with E-state index in [-0.39, 0.29) is 11.0 Å². The van der Waals surface area contributed by atoms with E-state index in [0.717, 1.165) is 5.69 Å². The Morgan fingerprint density at radius 3 is 2.59 bits per heavy atom. The van der Waals surface area contributed by atoms with Crippen molar-refractivity contribution < 1.29 is 4.79 Å². The van der Waals surface area contributed by atoms with E-state index in [1.165, 1.54) is 11.3 Å². The number of hydrogen-bond donors (Lipinski definition) is 1. The number of ketones is 1. The third kappa shape index (κ3) is 3.15. The maximum absolute atomic E-state index is 11.7. The Hall–Kier alpha value is -1.65. The van der Waals surface area contributed by atoms with Gasteiger partial charge in [0, 0.05) is 0 Å². The number of halogens is 1.